The number of aromatic nitrogens is 1. The van der Waals surface area contributed by atoms with E-state index < -0.39 is 15.8 Å². The van der Waals surface area contributed by atoms with E-state index in [0.717, 1.165) is 25.0 Å². The first kappa shape index (κ1) is 15.3. The Hall–Kier alpha value is -1.09. The number of hydrogen-bond acceptors (Lipinski definition) is 5. The Balaban J connectivity index is 2.02. The molecule has 1 aromatic heterocycles. The summed E-state index contributed by atoms with van der Waals surface area (Å²) < 4.78 is 39.1. The molecule has 1 aliphatic rings. The molecule has 0 atom stereocenters. The van der Waals surface area contributed by atoms with Crippen LogP contribution in [0.2, 0.25) is 0 Å². The van der Waals surface area contributed by atoms with Crippen molar-refractivity contribution < 1.29 is 17.9 Å². The summed E-state index contributed by atoms with van der Waals surface area (Å²) in [5.74, 6) is -0.660. The highest BCUT2D eigenvalue weighted by Gasteiger charge is 2.28. The summed E-state index contributed by atoms with van der Waals surface area (Å²) in [4.78, 5) is 5.58. The Morgan fingerprint density at radius 3 is 2.55 bits per heavy atom. The summed E-state index contributed by atoms with van der Waals surface area (Å²) >= 11 is 0. The topological polar surface area (TPSA) is 73.7 Å². The number of pyridine rings is 1. The Morgan fingerprint density at radius 2 is 1.95 bits per heavy atom. The number of piperazine rings is 1. The summed E-state index contributed by atoms with van der Waals surface area (Å²) in [5.41, 5.74) is 0. The molecule has 0 spiro atoms. The molecule has 8 heteroatoms. The Bertz CT molecular complexity index is 545. The minimum Gasteiger partial charge on any atom is -0.396 e. The van der Waals surface area contributed by atoms with E-state index in [0.29, 0.717) is 32.6 Å². The molecule has 2 rings (SSSR count). The van der Waals surface area contributed by atoms with E-state index in [1.54, 1.807) is 0 Å². The predicted molar refractivity (Wildman–Crippen MR) is 71.1 cm³/mol. The van der Waals surface area contributed by atoms with Crippen LogP contribution in [0, 0.1) is 5.82 Å². The van der Waals surface area contributed by atoms with Crippen molar-refractivity contribution in [1.82, 2.24) is 14.2 Å². The fraction of sp³-hybridized carbons (Fsp3) is 0.583. The monoisotopic (exact) mass is 303 g/mol. The molecule has 1 aromatic rings. The molecule has 1 aliphatic heterocycles. The van der Waals surface area contributed by atoms with Gasteiger partial charge in [0.1, 0.15) is 10.7 Å². The highest BCUT2D eigenvalue weighted by Crippen LogP contribution is 2.17. The van der Waals surface area contributed by atoms with E-state index in [-0.39, 0.29) is 11.5 Å². The van der Waals surface area contributed by atoms with Crippen molar-refractivity contribution in [3.8, 4) is 0 Å². The third-order valence-corrected chi connectivity index (χ3v) is 5.15. The van der Waals surface area contributed by atoms with Crippen LogP contribution in [0.3, 0.4) is 0 Å². The molecule has 0 aliphatic carbocycles. The number of rotatable bonds is 5. The summed E-state index contributed by atoms with van der Waals surface area (Å²) in [6.07, 6.45) is 2.82. The largest absolute Gasteiger partial charge is 0.396 e. The van der Waals surface area contributed by atoms with Gasteiger partial charge in [0.15, 0.2) is 0 Å². The van der Waals surface area contributed by atoms with Gasteiger partial charge in [-0.3, -0.25) is 4.98 Å². The van der Waals surface area contributed by atoms with E-state index in [1.165, 1.54) is 4.31 Å². The molecule has 0 saturated carbocycles. The van der Waals surface area contributed by atoms with Crippen molar-refractivity contribution >= 4 is 10.0 Å². The van der Waals surface area contributed by atoms with Crippen LogP contribution in [-0.4, -0.2) is 67.0 Å². The van der Waals surface area contributed by atoms with Gasteiger partial charge in [-0.05, 0) is 12.5 Å². The van der Waals surface area contributed by atoms with Gasteiger partial charge in [0, 0.05) is 45.5 Å². The molecular formula is C12H18FN3O3S. The third-order valence-electron chi connectivity index (χ3n) is 3.28. The SMILES string of the molecule is O=S(=O)(c1cncc(F)c1)N1CCN(CCCO)CC1. The van der Waals surface area contributed by atoms with Gasteiger partial charge in [0.2, 0.25) is 10.0 Å². The first-order chi connectivity index (χ1) is 9.54. The molecule has 2 heterocycles. The van der Waals surface area contributed by atoms with E-state index in [2.05, 4.69) is 9.88 Å². The predicted octanol–water partition coefficient (Wildman–Crippen LogP) is -0.0906. The molecule has 112 valence electrons. The van der Waals surface area contributed by atoms with Gasteiger partial charge >= 0.3 is 0 Å². The van der Waals surface area contributed by atoms with Gasteiger partial charge in [-0.2, -0.15) is 4.31 Å². The summed E-state index contributed by atoms with van der Waals surface area (Å²) in [5, 5.41) is 8.78. The van der Waals surface area contributed by atoms with Crippen LogP contribution in [0.15, 0.2) is 23.4 Å². The molecule has 0 amide bonds. The maximum atomic E-state index is 13.1. The molecule has 1 N–H and O–H groups in total. The molecule has 20 heavy (non-hydrogen) atoms. The van der Waals surface area contributed by atoms with Crippen molar-refractivity contribution in [2.75, 3.05) is 39.3 Å². The zero-order valence-corrected chi connectivity index (χ0v) is 11.9. The smallest absolute Gasteiger partial charge is 0.244 e. The minimum atomic E-state index is -3.67. The van der Waals surface area contributed by atoms with Gasteiger partial charge in [0.25, 0.3) is 0 Å². The second kappa shape index (κ2) is 6.57. The van der Waals surface area contributed by atoms with Gasteiger partial charge < -0.3 is 10.0 Å². The molecular weight excluding hydrogens is 285 g/mol. The van der Waals surface area contributed by atoms with E-state index >= 15 is 0 Å². The van der Waals surface area contributed by atoms with E-state index in [9.17, 15) is 12.8 Å². The maximum absolute atomic E-state index is 13.1. The highest BCUT2D eigenvalue weighted by molar-refractivity contribution is 7.89. The van der Waals surface area contributed by atoms with Crippen LogP contribution >= 0.6 is 0 Å². The van der Waals surface area contributed by atoms with E-state index in [1.807, 2.05) is 0 Å². The van der Waals surface area contributed by atoms with Crippen LogP contribution in [0.1, 0.15) is 6.42 Å². The molecule has 1 fully saturated rings. The van der Waals surface area contributed by atoms with Crippen LogP contribution in [0.25, 0.3) is 0 Å². The Kier molecular flexibility index (Phi) is 5.03. The molecule has 0 unspecified atom stereocenters. The normalized spacial score (nSPS) is 18.3. The number of hydrogen-bond donors (Lipinski definition) is 1. The highest BCUT2D eigenvalue weighted by atomic mass is 32.2. The van der Waals surface area contributed by atoms with Gasteiger partial charge in [-0.25, -0.2) is 12.8 Å². The van der Waals surface area contributed by atoms with Gasteiger partial charge in [0.05, 0.1) is 6.20 Å². The first-order valence-electron chi connectivity index (χ1n) is 6.48. The number of sulfonamides is 1. The minimum absolute atomic E-state index is 0.110. The third kappa shape index (κ3) is 3.51. The van der Waals surface area contributed by atoms with Crippen LogP contribution < -0.4 is 0 Å². The van der Waals surface area contributed by atoms with Crippen LogP contribution in [-0.2, 0) is 10.0 Å². The van der Waals surface area contributed by atoms with Crippen molar-refractivity contribution in [2.24, 2.45) is 0 Å². The zero-order valence-electron chi connectivity index (χ0n) is 11.1. The molecule has 0 aromatic carbocycles. The molecule has 6 nitrogen and oxygen atoms in total. The lowest BCUT2D eigenvalue weighted by Gasteiger charge is -2.33. The summed E-state index contributed by atoms with van der Waals surface area (Å²) in [7, 11) is -3.67. The summed E-state index contributed by atoms with van der Waals surface area (Å²) in [6.45, 7) is 2.85. The lowest BCUT2D eigenvalue weighted by atomic mass is 10.3. The second-order valence-electron chi connectivity index (χ2n) is 4.66. The van der Waals surface area contributed by atoms with Crippen LogP contribution in [0.4, 0.5) is 4.39 Å². The quantitative estimate of drug-likeness (QED) is 0.823. The van der Waals surface area contributed by atoms with Crippen molar-refractivity contribution in [3.05, 3.63) is 24.3 Å². The fourth-order valence-corrected chi connectivity index (χ4v) is 3.57. The van der Waals surface area contributed by atoms with E-state index in [4.69, 9.17) is 5.11 Å². The standard InChI is InChI=1S/C12H18FN3O3S/c13-11-8-12(10-14-9-11)20(18,19)16-5-3-15(4-6-16)2-1-7-17/h8-10,17H,1-7H2. The number of aliphatic hydroxyl groups excluding tert-OH is 1. The number of nitrogens with zero attached hydrogens (tertiary/aromatic N) is 3. The average Bonchev–Trinajstić information content (AvgIpc) is 2.45. The van der Waals surface area contributed by atoms with Crippen molar-refractivity contribution in [2.45, 2.75) is 11.3 Å². The molecule has 0 radical (unpaired) electrons. The zero-order chi connectivity index (χ0) is 14.6. The fourth-order valence-electron chi connectivity index (χ4n) is 2.17. The lowest BCUT2D eigenvalue weighted by molar-refractivity contribution is 0.171. The van der Waals surface area contributed by atoms with Gasteiger partial charge in [-0.15, -0.1) is 0 Å². The Morgan fingerprint density at radius 1 is 1.25 bits per heavy atom. The van der Waals surface area contributed by atoms with Crippen molar-refractivity contribution in [3.63, 3.8) is 0 Å². The number of aliphatic hydroxyl groups is 1. The number of halogens is 1. The first-order valence-corrected chi connectivity index (χ1v) is 7.92. The summed E-state index contributed by atoms with van der Waals surface area (Å²) in [6, 6.07) is 0.987. The molecule has 0 bridgehead atoms. The van der Waals surface area contributed by atoms with Crippen LogP contribution in [0.5, 0.6) is 0 Å². The second-order valence-corrected chi connectivity index (χ2v) is 6.60. The Labute approximate surface area is 117 Å². The average molecular weight is 303 g/mol. The molecule has 1 saturated heterocycles. The maximum Gasteiger partial charge on any atom is 0.244 e. The lowest BCUT2D eigenvalue weighted by Crippen LogP contribution is -2.48. The van der Waals surface area contributed by atoms with Crippen molar-refractivity contribution in [1.29, 1.82) is 0 Å². The van der Waals surface area contributed by atoms with Gasteiger partial charge in [-0.1, -0.05) is 0 Å².